The summed E-state index contributed by atoms with van der Waals surface area (Å²) in [6, 6.07) is 14.5. The molecule has 2 aromatic carbocycles. The molecule has 2 amide bonds. The van der Waals surface area contributed by atoms with E-state index in [1.807, 2.05) is 29.2 Å². The molecule has 1 heterocycles. The smallest absolute Gasteiger partial charge is 0.325 e. The van der Waals surface area contributed by atoms with Crippen LogP contribution in [0.15, 0.2) is 48.5 Å². The molecule has 0 bridgehead atoms. The molecular weight excluding hydrogens is 410 g/mol. The summed E-state index contributed by atoms with van der Waals surface area (Å²) in [5, 5.41) is 5.98. The largest absolute Gasteiger partial charge is 0.497 e. The van der Waals surface area contributed by atoms with Crippen molar-refractivity contribution in [3.63, 3.8) is 0 Å². The third-order valence-corrected chi connectivity index (χ3v) is 5.44. The van der Waals surface area contributed by atoms with Crippen molar-refractivity contribution in [1.82, 2.24) is 10.2 Å². The van der Waals surface area contributed by atoms with Crippen LogP contribution < -0.4 is 15.4 Å². The van der Waals surface area contributed by atoms with Gasteiger partial charge in [-0.2, -0.15) is 0 Å². The van der Waals surface area contributed by atoms with Crippen LogP contribution in [0.4, 0.5) is 5.69 Å². The van der Waals surface area contributed by atoms with Crippen LogP contribution in [0, 0.1) is 0 Å². The quantitative estimate of drug-likeness (QED) is 0.614. The number of carbonyl (C=O) groups excluding carboxylic acids is 3. The van der Waals surface area contributed by atoms with Crippen molar-refractivity contribution in [2.45, 2.75) is 31.8 Å². The van der Waals surface area contributed by atoms with E-state index < -0.39 is 0 Å². The monoisotopic (exact) mass is 439 g/mol. The third-order valence-electron chi connectivity index (χ3n) is 5.44. The van der Waals surface area contributed by atoms with Crippen LogP contribution in [0.3, 0.4) is 0 Å². The highest BCUT2D eigenvalue weighted by atomic mass is 16.5. The van der Waals surface area contributed by atoms with Gasteiger partial charge in [0, 0.05) is 36.8 Å². The lowest BCUT2D eigenvalue weighted by atomic mass is 10.1. The second-order valence-corrected chi connectivity index (χ2v) is 7.68. The molecular formula is C24H29N3O5. The Morgan fingerprint density at radius 2 is 1.91 bits per heavy atom. The fraction of sp³-hybridized carbons (Fsp3) is 0.375. The van der Waals surface area contributed by atoms with Crippen molar-refractivity contribution >= 4 is 23.5 Å². The van der Waals surface area contributed by atoms with Gasteiger partial charge >= 0.3 is 5.97 Å². The molecule has 1 aliphatic rings. The van der Waals surface area contributed by atoms with Gasteiger partial charge in [0.1, 0.15) is 12.3 Å². The summed E-state index contributed by atoms with van der Waals surface area (Å²) in [6.45, 7) is 1.11. The first kappa shape index (κ1) is 23.1. The van der Waals surface area contributed by atoms with E-state index in [-0.39, 0.29) is 30.4 Å². The summed E-state index contributed by atoms with van der Waals surface area (Å²) >= 11 is 0. The first-order valence-corrected chi connectivity index (χ1v) is 10.6. The van der Waals surface area contributed by atoms with Gasteiger partial charge in [-0.1, -0.05) is 18.2 Å². The van der Waals surface area contributed by atoms with Gasteiger partial charge in [0.2, 0.25) is 5.91 Å². The summed E-state index contributed by atoms with van der Waals surface area (Å²) in [4.78, 5) is 38.5. The third kappa shape index (κ3) is 6.47. The van der Waals surface area contributed by atoms with Crippen molar-refractivity contribution < 1.29 is 23.9 Å². The number of amides is 2. The molecule has 3 rings (SSSR count). The Morgan fingerprint density at radius 3 is 2.69 bits per heavy atom. The molecule has 8 nitrogen and oxygen atoms in total. The number of nitrogens with one attached hydrogen (secondary N) is 2. The fourth-order valence-electron chi connectivity index (χ4n) is 3.62. The molecule has 1 fully saturated rings. The van der Waals surface area contributed by atoms with Crippen molar-refractivity contribution in [2.75, 3.05) is 32.6 Å². The van der Waals surface area contributed by atoms with E-state index in [1.165, 1.54) is 7.11 Å². The van der Waals surface area contributed by atoms with Crippen LogP contribution in [-0.2, 0) is 20.9 Å². The summed E-state index contributed by atoms with van der Waals surface area (Å²) in [6.07, 6.45) is 1.66. The van der Waals surface area contributed by atoms with Crippen LogP contribution >= 0.6 is 0 Å². The van der Waals surface area contributed by atoms with Crippen LogP contribution in [0.2, 0.25) is 0 Å². The first-order valence-electron chi connectivity index (χ1n) is 10.6. The number of hydrogen-bond acceptors (Lipinski definition) is 6. The topological polar surface area (TPSA) is 97.0 Å². The Labute approximate surface area is 187 Å². The summed E-state index contributed by atoms with van der Waals surface area (Å²) in [7, 11) is 2.94. The molecule has 1 unspecified atom stereocenters. The van der Waals surface area contributed by atoms with Gasteiger partial charge < -0.3 is 25.0 Å². The zero-order valence-electron chi connectivity index (χ0n) is 18.4. The van der Waals surface area contributed by atoms with Crippen LogP contribution in [-0.4, -0.2) is 56.0 Å². The predicted octanol–water partition coefficient (Wildman–Crippen LogP) is 2.59. The maximum Gasteiger partial charge on any atom is 0.325 e. The molecule has 0 aromatic heterocycles. The zero-order valence-corrected chi connectivity index (χ0v) is 18.4. The number of anilines is 1. The lowest BCUT2D eigenvalue weighted by Crippen LogP contribution is -2.36. The van der Waals surface area contributed by atoms with Gasteiger partial charge in [0.05, 0.1) is 14.2 Å². The Kier molecular flexibility index (Phi) is 8.08. The fourth-order valence-corrected chi connectivity index (χ4v) is 3.62. The average molecular weight is 440 g/mol. The van der Waals surface area contributed by atoms with E-state index in [9.17, 15) is 14.4 Å². The van der Waals surface area contributed by atoms with Crippen molar-refractivity contribution in [1.29, 1.82) is 0 Å². The number of carbonyl (C=O) groups is 3. The SMILES string of the molecule is COC(=O)CNc1cccc(C(=O)NC2CCC(=O)N(Cc3cccc(OC)c3)CC2)c1. The minimum absolute atomic E-state index is 0.0232. The van der Waals surface area contributed by atoms with Crippen molar-refractivity contribution in [3.8, 4) is 5.75 Å². The average Bonchev–Trinajstić information content (AvgIpc) is 2.99. The maximum atomic E-state index is 12.8. The second-order valence-electron chi connectivity index (χ2n) is 7.68. The molecule has 0 aliphatic carbocycles. The first-order chi connectivity index (χ1) is 15.5. The van der Waals surface area contributed by atoms with E-state index in [0.717, 1.165) is 11.3 Å². The summed E-state index contributed by atoms with van der Waals surface area (Å²) in [5.74, 6) is 0.253. The lowest BCUT2D eigenvalue weighted by Gasteiger charge is -2.21. The molecule has 0 saturated carbocycles. The molecule has 1 aliphatic heterocycles. The second kappa shape index (κ2) is 11.2. The van der Waals surface area contributed by atoms with Crippen LogP contribution in [0.5, 0.6) is 5.75 Å². The van der Waals surface area contributed by atoms with E-state index >= 15 is 0 Å². The predicted molar refractivity (Wildman–Crippen MR) is 120 cm³/mol. The van der Waals surface area contributed by atoms with Gasteiger partial charge in [-0.3, -0.25) is 14.4 Å². The number of benzene rings is 2. The highest BCUT2D eigenvalue weighted by Crippen LogP contribution is 2.19. The molecule has 1 saturated heterocycles. The number of nitrogens with zero attached hydrogens (tertiary/aromatic N) is 1. The highest BCUT2D eigenvalue weighted by molar-refractivity contribution is 5.95. The Bertz CT molecular complexity index is 962. The van der Waals surface area contributed by atoms with E-state index in [4.69, 9.17) is 4.74 Å². The molecule has 0 spiro atoms. The minimum Gasteiger partial charge on any atom is -0.497 e. The number of ether oxygens (including phenoxy) is 2. The number of esters is 1. The van der Waals surface area contributed by atoms with Gasteiger partial charge in [-0.15, -0.1) is 0 Å². The standard InChI is InChI=1S/C24H29N3O5/c1-31-21-8-3-5-17(13-21)16-27-12-11-19(9-10-22(27)28)26-24(30)18-6-4-7-20(14-18)25-15-23(29)32-2/h3-8,13-14,19,25H,9-12,15-16H2,1-2H3,(H,26,30). The molecule has 32 heavy (non-hydrogen) atoms. The Morgan fingerprint density at radius 1 is 1.09 bits per heavy atom. The van der Waals surface area contributed by atoms with Gasteiger partial charge in [0.15, 0.2) is 0 Å². The number of hydrogen-bond donors (Lipinski definition) is 2. The summed E-state index contributed by atoms with van der Waals surface area (Å²) in [5.41, 5.74) is 2.16. The number of methoxy groups -OCH3 is 2. The molecule has 2 aromatic rings. The normalized spacial score (nSPS) is 16.1. The number of rotatable bonds is 8. The van der Waals surface area contributed by atoms with Crippen LogP contribution in [0.25, 0.3) is 0 Å². The van der Waals surface area contributed by atoms with E-state index in [0.29, 0.717) is 43.6 Å². The highest BCUT2D eigenvalue weighted by Gasteiger charge is 2.24. The molecule has 8 heteroatoms. The lowest BCUT2D eigenvalue weighted by molar-refractivity contribution is -0.138. The zero-order chi connectivity index (χ0) is 22.9. The molecule has 2 N–H and O–H groups in total. The maximum absolute atomic E-state index is 12.8. The van der Waals surface area contributed by atoms with Crippen molar-refractivity contribution in [2.24, 2.45) is 0 Å². The molecule has 170 valence electrons. The Hall–Kier alpha value is -3.55. The summed E-state index contributed by atoms with van der Waals surface area (Å²) < 4.78 is 9.87. The van der Waals surface area contributed by atoms with Crippen LogP contribution in [0.1, 0.15) is 35.2 Å². The number of likely N-dealkylation sites (tertiary alicyclic amines) is 1. The Balaban J connectivity index is 1.56. The van der Waals surface area contributed by atoms with Gasteiger partial charge in [0.25, 0.3) is 5.91 Å². The van der Waals surface area contributed by atoms with Gasteiger partial charge in [-0.05, 0) is 48.7 Å². The molecule has 0 radical (unpaired) electrons. The minimum atomic E-state index is -0.388. The van der Waals surface area contributed by atoms with Gasteiger partial charge in [-0.25, -0.2) is 0 Å². The van der Waals surface area contributed by atoms with Crippen molar-refractivity contribution in [3.05, 3.63) is 59.7 Å². The van der Waals surface area contributed by atoms with E-state index in [2.05, 4.69) is 15.4 Å². The van der Waals surface area contributed by atoms with E-state index in [1.54, 1.807) is 31.4 Å². The molecule has 1 atom stereocenters.